The van der Waals surface area contributed by atoms with Crippen molar-refractivity contribution >= 4 is 8.56 Å². The Morgan fingerprint density at radius 3 is 1.12 bits per heavy atom. The molecule has 0 fully saturated rings. The predicted octanol–water partition coefficient (Wildman–Crippen LogP) is 8.00. The third kappa shape index (κ3) is 14.9. The summed E-state index contributed by atoms with van der Waals surface area (Å²) in [6.07, 6.45) is 19.3. The van der Waals surface area contributed by atoms with Crippen LogP contribution in [0.3, 0.4) is 0 Å². The number of hydrogen-bond acceptors (Lipinski definition) is 2. The van der Waals surface area contributed by atoms with E-state index in [1.807, 2.05) is 0 Å². The monoisotopic (exact) mass is 372 g/mol. The molecule has 2 nitrogen and oxygen atoms in total. The molecular weight excluding hydrogens is 324 g/mol. The van der Waals surface area contributed by atoms with E-state index >= 15 is 0 Å². The SMILES string of the molecule is CCCCCCCCCCCC[Si](CCCCCC)(OCC)OCC. The highest BCUT2D eigenvalue weighted by atomic mass is 28.4. The molecule has 0 heterocycles. The standard InChI is InChI=1S/C22H48O2Si/c1-5-9-11-13-14-15-16-17-18-20-22-25(23-7-3,24-8-4)21-19-12-10-6-2/h5-22H2,1-4H3. The van der Waals surface area contributed by atoms with Crippen molar-refractivity contribution in [2.45, 2.75) is 130 Å². The second-order valence-electron chi connectivity index (χ2n) is 7.52. The van der Waals surface area contributed by atoms with E-state index in [0.717, 1.165) is 13.2 Å². The Labute approximate surface area is 160 Å². The van der Waals surface area contributed by atoms with Gasteiger partial charge in [0.05, 0.1) is 0 Å². The summed E-state index contributed by atoms with van der Waals surface area (Å²) in [5, 5.41) is 0. The Bertz CT molecular complexity index is 252. The Hall–Kier alpha value is 0.137. The Balaban J connectivity index is 3.91. The molecule has 3 heteroatoms. The van der Waals surface area contributed by atoms with Crippen LogP contribution in [-0.2, 0) is 8.85 Å². The average Bonchev–Trinajstić information content (AvgIpc) is 2.61. The lowest BCUT2D eigenvalue weighted by molar-refractivity contribution is 0.180. The summed E-state index contributed by atoms with van der Waals surface area (Å²) in [6.45, 7) is 10.5. The normalized spacial score (nSPS) is 12.0. The maximum absolute atomic E-state index is 6.25. The lowest BCUT2D eigenvalue weighted by Crippen LogP contribution is -2.42. The van der Waals surface area contributed by atoms with Gasteiger partial charge in [-0.3, -0.25) is 0 Å². The van der Waals surface area contributed by atoms with Crippen LogP contribution in [-0.4, -0.2) is 21.8 Å². The summed E-state index contributed by atoms with van der Waals surface area (Å²) in [5.74, 6) is 0. The maximum atomic E-state index is 6.25. The van der Waals surface area contributed by atoms with E-state index in [1.54, 1.807) is 0 Å². The van der Waals surface area contributed by atoms with Gasteiger partial charge in [0.15, 0.2) is 0 Å². The van der Waals surface area contributed by atoms with Crippen molar-refractivity contribution in [3.63, 3.8) is 0 Å². The van der Waals surface area contributed by atoms with Crippen molar-refractivity contribution in [3.05, 3.63) is 0 Å². The highest BCUT2D eigenvalue weighted by molar-refractivity contribution is 6.67. The Kier molecular flexibility index (Phi) is 19.0. The van der Waals surface area contributed by atoms with Gasteiger partial charge in [0.25, 0.3) is 0 Å². The molecule has 0 rings (SSSR count). The molecule has 0 bridgehead atoms. The first kappa shape index (κ1) is 25.1. The minimum Gasteiger partial charge on any atom is -0.394 e. The van der Waals surface area contributed by atoms with Gasteiger partial charge in [0, 0.05) is 13.2 Å². The zero-order valence-electron chi connectivity index (χ0n) is 18.0. The largest absolute Gasteiger partial charge is 0.394 e. The molecule has 0 unspecified atom stereocenters. The van der Waals surface area contributed by atoms with Gasteiger partial charge in [0.2, 0.25) is 0 Å². The van der Waals surface area contributed by atoms with Crippen LogP contribution in [0.15, 0.2) is 0 Å². The van der Waals surface area contributed by atoms with Crippen LogP contribution >= 0.6 is 0 Å². The van der Waals surface area contributed by atoms with Crippen LogP contribution in [0.25, 0.3) is 0 Å². The van der Waals surface area contributed by atoms with Gasteiger partial charge in [-0.2, -0.15) is 0 Å². The molecule has 0 aromatic heterocycles. The Morgan fingerprint density at radius 2 is 0.760 bits per heavy atom. The number of unbranched alkanes of at least 4 members (excludes halogenated alkanes) is 12. The predicted molar refractivity (Wildman–Crippen MR) is 115 cm³/mol. The first-order valence-corrected chi connectivity index (χ1v) is 13.8. The van der Waals surface area contributed by atoms with Crippen LogP contribution in [0.5, 0.6) is 0 Å². The molecule has 0 aliphatic carbocycles. The molecule has 0 amide bonds. The lowest BCUT2D eigenvalue weighted by Gasteiger charge is -2.30. The fourth-order valence-electron chi connectivity index (χ4n) is 3.68. The topological polar surface area (TPSA) is 18.5 Å². The van der Waals surface area contributed by atoms with Gasteiger partial charge in [0.1, 0.15) is 0 Å². The van der Waals surface area contributed by atoms with Crippen LogP contribution < -0.4 is 0 Å². The van der Waals surface area contributed by atoms with Gasteiger partial charge >= 0.3 is 8.56 Å². The first-order chi connectivity index (χ1) is 12.2. The molecule has 0 aliphatic heterocycles. The quantitative estimate of drug-likeness (QED) is 0.159. The van der Waals surface area contributed by atoms with E-state index in [-0.39, 0.29) is 0 Å². The zero-order valence-corrected chi connectivity index (χ0v) is 19.0. The molecule has 25 heavy (non-hydrogen) atoms. The molecule has 0 aliphatic rings. The van der Waals surface area contributed by atoms with Gasteiger partial charge in [-0.05, 0) is 25.9 Å². The third-order valence-electron chi connectivity index (χ3n) is 5.14. The van der Waals surface area contributed by atoms with Gasteiger partial charge in [-0.1, -0.05) is 104 Å². The fraction of sp³-hybridized carbons (Fsp3) is 1.00. The van der Waals surface area contributed by atoms with Crippen molar-refractivity contribution in [1.82, 2.24) is 0 Å². The third-order valence-corrected chi connectivity index (χ3v) is 9.00. The molecule has 0 aromatic rings. The summed E-state index contributed by atoms with van der Waals surface area (Å²) in [5.41, 5.74) is 0. The molecular formula is C22H48O2Si. The second-order valence-corrected chi connectivity index (χ2v) is 10.9. The number of rotatable bonds is 20. The summed E-state index contributed by atoms with van der Waals surface area (Å²) in [7, 11) is -1.94. The zero-order chi connectivity index (χ0) is 18.6. The highest BCUT2D eigenvalue weighted by Crippen LogP contribution is 2.26. The summed E-state index contributed by atoms with van der Waals surface area (Å²) in [4.78, 5) is 0. The van der Waals surface area contributed by atoms with Crippen molar-refractivity contribution in [2.75, 3.05) is 13.2 Å². The van der Waals surface area contributed by atoms with Gasteiger partial charge < -0.3 is 8.85 Å². The van der Waals surface area contributed by atoms with E-state index in [0.29, 0.717) is 0 Å². The molecule has 152 valence electrons. The summed E-state index contributed by atoms with van der Waals surface area (Å²) in [6, 6.07) is 2.41. The molecule has 0 aromatic carbocycles. The minimum atomic E-state index is -1.94. The summed E-state index contributed by atoms with van der Waals surface area (Å²) < 4.78 is 12.5. The molecule has 0 spiro atoms. The van der Waals surface area contributed by atoms with Crippen LogP contribution in [0.2, 0.25) is 12.1 Å². The average molecular weight is 373 g/mol. The van der Waals surface area contributed by atoms with E-state index in [1.165, 1.54) is 102 Å². The second kappa shape index (κ2) is 18.9. The summed E-state index contributed by atoms with van der Waals surface area (Å²) >= 11 is 0. The van der Waals surface area contributed by atoms with Crippen LogP contribution in [0.1, 0.15) is 118 Å². The molecule has 0 saturated carbocycles. The molecule has 0 saturated heterocycles. The fourth-order valence-corrected chi connectivity index (χ4v) is 7.22. The highest BCUT2D eigenvalue weighted by Gasteiger charge is 2.35. The van der Waals surface area contributed by atoms with Crippen molar-refractivity contribution in [3.8, 4) is 0 Å². The van der Waals surface area contributed by atoms with E-state index < -0.39 is 8.56 Å². The Morgan fingerprint density at radius 1 is 0.440 bits per heavy atom. The van der Waals surface area contributed by atoms with Gasteiger partial charge in [-0.15, -0.1) is 0 Å². The van der Waals surface area contributed by atoms with Gasteiger partial charge in [-0.25, -0.2) is 0 Å². The van der Waals surface area contributed by atoms with Crippen molar-refractivity contribution < 1.29 is 8.85 Å². The van der Waals surface area contributed by atoms with E-state index in [9.17, 15) is 0 Å². The van der Waals surface area contributed by atoms with Crippen molar-refractivity contribution in [1.29, 1.82) is 0 Å². The van der Waals surface area contributed by atoms with E-state index in [4.69, 9.17) is 8.85 Å². The van der Waals surface area contributed by atoms with E-state index in [2.05, 4.69) is 27.7 Å². The maximum Gasteiger partial charge on any atom is 0.338 e. The van der Waals surface area contributed by atoms with Crippen LogP contribution in [0, 0.1) is 0 Å². The number of hydrogen-bond donors (Lipinski definition) is 0. The molecule has 0 atom stereocenters. The molecule has 0 radical (unpaired) electrons. The smallest absolute Gasteiger partial charge is 0.338 e. The van der Waals surface area contributed by atoms with Crippen LogP contribution in [0.4, 0.5) is 0 Å². The first-order valence-electron chi connectivity index (χ1n) is 11.5. The van der Waals surface area contributed by atoms with Crippen molar-refractivity contribution in [2.24, 2.45) is 0 Å². The molecule has 0 N–H and O–H groups in total. The lowest BCUT2D eigenvalue weighted by atomic mass is 10.1. The minimum absolute atomic E-state index is 0.817.